The zero-order chi connectivity index (χ0) is 31.5. The number of aromatic nitrogens is 2. The molecule has 1 rings (SSSR count). The third-order valence-corrected chi connectivity index (χ3v) is 6.75. The smallest absolute Gasteiger partial charge is 0.286 e. The Morgan fingerprint density at radius 1 is 0.744 bits per heavy atom. The van der Waals surface area contributed by atoms with Crippen molar-refractivity contribution in [2.75, 3.05) is 5.75 Å². The highest BCUT2D eigenvalue weighted by molar-refractivity contribution is 8.00. The van der Waals surface area contributed by atoms with Crippen LogP contribution >= 0.6 is 11.8 Å². The molecule has 1 aromatic rings. The van der Waals surface area contributed by atoms with Gasteiger partial charge in [-0.25, -0.2) is 9.13 Å². The summed E-state index contributed by atoms with van der Waals surface area (Å²) in [5, 5.41) is -8.04. The lowest BCUT2D eigenvalue weighted by atomic mass is 9.91. The minimum atomic E-state index is -8.71. The number of imidazole rings is 1. The number of nitrogens with zero attached hydrogens (tertiary/aromatic N) is 2. The Balaban J connectivity index is 3.54. The molecule has 24 heteroatoms. The Bertz CT molecular complexity index is 1140. The van der Waals surface area contributed by atoms with Gasteiger partial charge in [-0.3, -0.25) is 4.55 Å². The van der Waals surface area contributed by atoms with Gasteiger partial charge in [-0.1, -0.05) is 0 Å². The van der Waals surface area contributed by atoms with Gasteiger partial charge in [-0.15, -0.1) is 0 Å². The molecule has 0 saturated heterocycles. The number of aryl methyl sites for hydroxylation is 2. The summed E-state index contributed by atoms with van der Waals surface area (Å²) in [7, 11) is -3.96. The zero-order valence-electron chi connectivity index (χ0n) is 18.2. The van der Waals surface area contributed by atoms with Crippen molar-refractivity contribution in [2.45, 2.75) is 65.1 Å². The van der Waals surface area contributed by atoms with Crippen LogP contribution in [0.4, 0.5) is 74.6 Å². The molecule has 230 valence electrons. The van der Waals surface area contributed by atoms with Gasteiger partial charge in [-0.05, 0) is 0 Å². The fourth-order valence-corrected chi connectivity index (χ4v) is 4.01. The maximum Gasteiger partial charge on any atom is 0.460 e. The Morgan fingerprint density at radius 3 is 1.51 bits per heavy atom. The van der Waals surface area contributed by atoms with Crippen molar-refractivity contribution in [2.24, 2.45) is 7.05 Å². The van der Waals surface area contributed by atoms with E-state index in [0.29, 0.717) is 21.5 Å². The summed E-state index contributed by atoms with van der Waals surface area (Å²) in [6.45, 7) is -0.784. The molecule has 5 nitrogen and oxygen atoms in total. The topological polar surface area (TPSA) is 63.2 Å². The Labute approximate surface area is 209 Å². The second-order valence-electron chi connectivity index (χ2n) is 7.59. The van der Waals surface area contributed by atoms with Crippen molar-refractivity contribution in [1.82, 2.24) is 4.57 Å². The van der Waals surface area contributed by atoms with Crippen molar-refractivity contribution in [1.29, 1.82) is 0 Å². The summed E-state index contributed by atoms with van der Waals surface area (Å²) in [4.78, 5) is 0. The van der Waals surface area contributed by atoms with Crippen LogP contribution in [0, 0.1) is 0 Å². The first-order valence-electron chi connectivity index (χ1n) is 9.24. The van der Waals surface area contributed by atoms with E-state index in [1.165, 1.54) is 0 Å². The van der Waals surface area contributed by atoms with E-state index >= 15 is 0 Å². The van der Waals surface area contributed by atoms with Gasteiger partial charge in [0.2, 0.25) is 0 Å². The molecule has 0 amide bonds. The van der Waals surface area contributed by atoms with Crippen LogP contribution in [-0.4, -0.2) is 70.3 Å². The molecule has 0 radical (unpaired) electrons. The largest absolute Gasteiger partial charge is 0.460 e. The van der Waals surface area contributed by atoms with Gasteiger partial charge in [-0.2, -0.15) is 83.1 Å². The van der Waals surface area contributed by atoms with Gasteiger partial charge in [0, 0.05) is 18.2 Å². The van der Waals surface area contributed by atoms with Crippen LogP contribution in [0.5, 0.6) is 0 Å². The van der Waals surface area contributed by atoms with E-state index in [2.05, 4.69) is 0 Å². The average molecular weight is 655 g/mol. The highest BCUT2D eigenvalue weighted by Gasteiger charge is 2.95. The summed E-state index contributed by atoms with van der Waals surface area (Å²) in [6, 6.07) is 0. The minimum absolute atomic E-state index is 0.378. The molecule has 0 spiro atoms. The van der Waals surface area contributed by atoms with Gasteiger partial charge in [0.25, 0.3) is 10.1 Å². The molecule has 0 unspecified atom stereocenters. The van der Waals surface area contributed by atoms with Gasteiger partial charge >= 0.3 is 52.1 Å². The molecule has 0 atom stereocenters. The Morgan fingerprint density at radius 2 is 1.13 bits per heavy atom. The van der Waals surface area contributed by atoms with E-state index in [9.17, 15) is 83.1 Å². The van der Waals surface area contributed by atoms with Crippen LogP contribution < -0.4 is 4.57 Å². The molecule has 0 aliphatic carbocycles. The molecule has 0 saturated carbocycles. The van der Waals surface area contributed by atoms with Gasteiger partial charge < -0.3 is 0 Å². The van der Waals surface area contributed by atoms with Gasteiger partial charge in [0.05, 0.1) is 19.3 Å². The van der Waals surface area contributed by atoms with E-state index < -0.39 is 92.7 Å². The normalized spacial score (nSPS) is 15.7. The molecule has 0 aliphatic heterocycles. The first-order valence-corrected chi connectivity index (χ1v) is 11.7. The lowest BCUT2D eigenvalue weighted by molar-refractivity contribution is -0.709. The van der Waals surface area contributed by atoms with E-state index in [1.807, 2.05) is 0 Å². The molecular weight excluding hydrogens is 643 g/mol. The van der Waals surface area contributed by atoms with Crippen LogP contribution in [0.3, 0.4) is 0 Å². The van der Waals surface area contributed by atoms with Crippen LogP contribution in [0.1, 0.15) is 6.42 Å². The molecule has 1 heterocycles. The predicted octanol–water partition coefficient (Wildman–Crippen LogP) is 5.65. The second kappa shape index (κ2) is 9.98. The third kappa shape index (κ3) is 5.73. The van der Waals surface area contributed by atoms with Crippen LogP contribution in [0.25, 0.3) is 0 Å². The fourth-order valence-electron chi connectivity index (χ4n) is 2.56. The molecule has 0 fully saturated rings. The van der Waals surface area contributed by atoms with Gasteiger partial charge in [0.15, 0.2) is 0 Å². The number of hydrogen-bond donors (Lipinski definition) is 1. The molecular formula is C15H12F17N2O3S2+. The first-order chi connectivity index (χ1) is 16.8. The number of alkyl halides is 17. The number of rotatable bonds is 12. The average Bonchev–Trinajstić information content (AvgIpc) is 3.04. The van der Waals surface area contributed by atoms with E-state index in [0.717, 1.165) is 7.05 Å². The third-order valence-electron chi connectivity index (χ3n) is 4.73. The fraction of sp³-hybridized carbons (Fsp3) is 0.800. The summed E-state index contributed by atoms with van der Waals surface area (Å²) in [5.74, 6) is -51.6. The summed E-state index contributed by atoms with van der Waals surface area (Å²) < 4.78 is 258. The summed E-state index contributed by atoms with van der Waals surface area (Å²) >= 11 is -1.80. The van der Waals surface area contributed by atoms with E-state index in [4.69, 9.17) is 4.55 Å². The monoisotopic (exact) mass is 655 g/mol. The summed E-state index contributed by atoms with van der Waals surface area (Å²) in [6.07, 6.45) is -7.12. The SMILES string of the molecule is C[n+]1ccn(CCCS(=O)(=O)O)c1SC(F)(F)C(F)(F)C(F)(F)C(F)(F)C(F)(F)C(F)(F)C(F)(F)C(F)(F)F. The minimum Gasteiger partial charge on any atom is -0.286 e. The quantitative estimate of drug-likeness (QED) is 0.137. The van der Waals surface area contributed by atoms with Crippen LogP contribution in [-0.2, 0) is 23.7 Å². The molecule has 0 aliphatic rings. The zero-order valence-corrected chi connectivity index (χ0v) is 19.8. The number of thioether (sulfide) groups is 1. The number of halogens is 17. The van der Waals surface area contributed by atoms with Crippen LogP contribution in [0.15, 0.2) is 17.6 Å². The standard InChI is InChI=1S/C15H11F17N2O3S2/c1-33-4-5-34(3-2-6-39(35,36)37)7(33)38-15(31,32)13(26,27)11(22,23)9(18,19)8(16,17)10(20,21)12(24,25)14(28,29)30/h4-5H,2-3,6H2,1H3/p+1. The predicted molar refractivity (Wildman–Crippen MR) is 93.2 cm³/mol. The highest BCUT2D eigenvalue weighted by Crippen LogP contribution is 2.65. The molecule has 1 N–H and O–H groups in total. The Kier molecular flexibility index (Phi) is 9.03. The maximum absolute atomic E-state index is 14.2. The molecule has 39 heavy (non-hydrogen) atoms. The van der Waals surface area contributed by atoms with E-state index in [1.54, 1.807) is 0 Å². The van der Waals surface area contributed by atoms with Crippen molar-refractivity contribution in [3.63, 3.8) is 0 Å². The van der Waals surface area contributed by atoms with Crippen molar-refractivity contribution >= 4 is 21.9 Å². The molecule has 0 bridgehead atoms. The number of hydrogen-bond acceptors (Lipinski definition) is 3. The molecule has 1 aromatic heterocycles. The lowest BCUT2D eigenvalue weighted by Crippen LogP contribution is -2.74. The Hall–Kier alpha value is -1.72. The summed E-state index contributed by atoms with van der Waals surface area (Å²) in [5.41, 5.74) is 0. The lowest BCUT2D eigenvalue weighted by Gasteiger charge is -2.42. The van der Waals surface area contributed by atoms with Crippen molar-refractivity contribution < 1.29 is 92.2 Å². The molecule has 0 aromatic carbocycles. The maximum atomic E-state index is 14.2. The second-order valence-corrected chi connectivity index (χ2v) is 10.2. The van der Waals surface area contributed by atoms with Gasteiger partial charge in [0.1, 0.15) is 12.4 Å². The van der Waals surface area contributed by atoms with Crippen LogP contribution in [0.2, 0.25) is 0 Å². The van der Waals surface area contributed by atoms with E-state index in [-0.39, 0.29) is 0 Å². The van der Waals surface area contributed by atoms with Crippen molar-refractivity contribution in [3.05, 3.63) is 12.4 Å². The first kappa shape index (κ1) is 35.3. The van der Waals surface area contributed by atoms with Crippen molar-refractivity contribution in [3.8, 4) is 0 Å². The highest BCUT2D eigenvalue weighted by atomic mass is 32.2.